The van der Waals surface area contributed by atoms with E-state index in [0.29, 0.717) is 5.03 Å². The fraction of sp³-hybridized carbons (Fsp3) is 0.250. The number of nitrogens with zero attached hydrogens (tertiary/aromatic N) is 2. The standard InChI is InChI=1S/C12H13Cl2N2OP/c1-18(2,17)11-6-4-3-5-10(11)16-8-9(13)7-15-12(16)14/h3-8,12H,1-2H3. The van der Waals surface area contributed by atoms with Gasteiger partial charge in [-0.3, -0.25) is 4.99 Å². The molecule has 18 heavy (non-hydrogen) atoms. The number of alkyl halides is 1. The molecule has 6 heteroatoms. The van der Waals surface area contributed by atoms with Gasteiger partial charge in [-0.15, -0.1) is 0 Å². The molecule has 0 bridgehead atoms. The summed E-state index contributed by atoms with van der Waals surface area (Å²) in [4.78, 5) is 5.79. The average Bonchev–Trinajstić information content (AvgIpc) is 2.31. The molecule has 0 saturated heterocycles. The molecule has 0 amide bonds. The Kier molecular flexibility index (Phi) is 3.86. The van der Waals surface area contributed by atoms with E-state index >= 15 is 0 Å². The lowest BCUT2D eigenvalue weighted by Gasteiger charge is -2.28. The lowest BCUT2D eigenvalue weighted by atomic mass is 10.3. The first-order valence-corrected chi connectivity index (χ1v) is 8.78. The van der Waals surface area contributed by atoms with Crippen molar-refractivity contribution < 1.29 is 4.57 Å². The minimum absolute atomic E-state index is 0.490. The monoisotopic (exact) mass is 302 g/mol. The zero-order valence-electron chi connectivity index (χ0n) is 10.0. The number of rotatable bonds is 2. The second-order valence-corrected chi connectivity index (χ2v) is 8.36. The highest BCUT2D eigenvalue weighted by molar-refractivity contribution is 7.70. The molecule has 1 aliphatic rings. The Bertz CT molecular complexity index is 565. The Balaban J connectivity index is 2.52. The summed E-state index contributed by atoms with van der Waals surface area (Å²) in [5.41, 5.74) is 0.209. The van der Waals surface area contributed by atoms with E-state index in [0.717, 1.165) is 11.0 Å². The molecular formula is C12H13Cl2N2OP. The molecule has 1 unspecified atom stereocenters. The largest absolute Gasteiger partial charge is 0.319 e. The van der Waals surface area contributed by atoms with E-state index in [4.69, 9.17) is 23.2 Å². The Morgan fingerprint density at radius 3 is 2.67 bits per heavy atom. The quantitative estimate of drug-likeness (QED) is 0.476. The lowest BCUT2D eigenvalue weighted by Crippen LogP contribution is -2.31. The summed E-state index contributed by atoms with van der Waals surface area (Å²) in [6.45, 7) is 3.46. The van der Waals surface area contributed by atoms with E-state index in [2.05, 4.69) is 4.99 Å². The van der Waals surface area contributed by atoms with E-state index in [9.17, 15) is 4.57 Å². The van der Waals surface area contributed by atoms with Crippen molar-refractivity contribution in [2.24, 2.45) is 4.99 Å². The number of benzene rings is 1. The summed E-state index contributed by atoms with van der Waals surface area (Å²) in [6.07, 6.45) is 3.20. The summed E-state index contributed by atoms with van der Waals surface area (Å²) >= 11 is 12.1. The van der Waals surface area contributed by atoms with E-state index in [1.165, 1.54) is 6.21 Å². The number of hydrogen-bond acceptors (Lipinski definition) is 3. The van der Waals surface area contributed by atoms with Crippen molar-refractivity contribution >= 4 is 47.6 Å². The van der Waals surface area contributed by atoms with Gasteiger partial charge in [0.15, 0.2) is 0 Å². The van der Waals surface area contributed by atoms with Gasteiger partial charge in [-0.2, -0.15) is 0 Å². The molecule has 0 fully saturated rings. The SMILES string of the molecule is CP(C)(=O)c1ccccc1N1C=C(Cl)C=NC1Cl. The van der Waals surface area contributed by atoms with Crippen LogP contribution < -0.4 is 10.2 Å². The molecule has 1 aliphatic heterocycles. The van der Waals surface area contributed by atoms with Crippen LogP contribution in [-0.4, -0.2) is 25.2 Å². The smallest absolute Gasteiger partial charge is 0.201 e. The molecule has 0 radical (unpaired) electrons. The molecule has 0 spiro atoms. The first kappa shape index (κ1) is 13.7. The lowest BCUT2D eigenvalue weighted by molar-refractivity contribution is 0.588. The summed E-state index contributed by atoms with van der Waals surface area (Å²) in [5, 5.41) is 1.26. The summed E-state index contributed by atoms with van der Waals surface area (Å²) in [5.74, 6) is 0. The molecule has 3 nitrogen and oxygen atoms in total. The van der Waals surface area contributed by atoms with Crippen molar-refractivity contribution in [2.75, 3.05) is 18.2 Å². The molecule has 2 rings (SSSR count). The van der Waals surface area contributed by atoms with Crippen molar-refractivity contribution in [3.8, 4) is 0 Å². The highest BCUT2D eigenvalue weighted by Gasteiger charge is 2.23. The van der Waals surface area contributed by atoms with Gasteiger partial charge in [0.2, 0.25) is 5.62 Å². The summed E-state index contributed by atoms with van der Waals surface area (Å²) in [7, 11) is -2.39. The number of hydrogen-bond donors (Lipinski definition) is 0. The van der Waals surface area contributed by atoms with E-state index in [-0.39, 0.29) is 0 Å². The van der Waals surface area contributed by atoms with Gasteiger partial charge in [0.25, 0.3) is 0 Å². The molecular weight excluding hydrogens is 290 g/mol. The van der Waals surface area contributed by atoms with Gasteiger partial charge in [0.1, 0.15) is 7.14 Å². The van der Waals surface area contributed by atoms with Crippen LogP contribution in [0, 0.1) is 0 Å². The van der Waals surface area contributed by atoms with E-state index in [1.54, 1.807) is 24.4 Å². The maximum Gasteiger partial charge on any atom is 0.201 e. The first-order valence-electron chi connectivity index (χ1n) is 5.37. The minimum atomic E-state index is -2.39. The van der Waals surface area contributed by atoms with Crippen LogP contribution in [0.4, 0.5) is 5.69 Å². The van der Waals surface area contributed by atoms with Crippen molar-refractivity contribution in [1.29, 1.82) is 0 Å². The summed E-state index contributed by atoms with van der Waals surface area (Å²) < 4.78 is 12.3. The van der Waals surface area contributed by atoms with Gasteiger partial charge < -0.3 is 9.46 Å². The third kappa shape index (κ3) is 2.80. The number of aliphatic imine (C=N–C) groups is 1. The zero-order chi connectivity index (χ0) is 13.3. The van der Waals surface area contributed by atoms with Crippen molar-refractivity contribution in [3.05, 3.63) is 35.5 Å². The average molecular weight is 303 g/mol. The predicted octanol–water partition coefficient (Wildman–Crippen LogP) is 3.43. The van der Waals surface area contributed by atoms with Gasteiger partial charge in [-0.05, 0) is 25.5 Å². The maximum absolute atomic E-state index is 12.3. The molecule has 96 valence electrons. The van der Waals surface area contributed by atoms with Crippen molar-refractivity contribution in [3.63, 3.8) is 0 Å². The van der Waals surface area contributed by atoms with Crippen LogP contribution in [0.25, 0.3) is 0 Å². The third-order valence-corrected chi connectivity index (χ3v) is 4.61. The number of para-hydroxylation sites is 1. The second-order valence-electron chi connectivity index (χ2n) is 4.35. The molecule has 0 N–H and O–H groups in total. The van der Waals surface area contributed by atoms with Crippen molar-refractivity contribution in [1.82, 2.24) is 0 Å². The first-order chi connectivity index (χ1) is 8.39. The van der Waals surface area contributed by atoms with Gasteiger partial charge in [-0.1, -0.05) is 35.3 Å². The fourth-order valence-electron chi connectivity index (χ4n) is 1.75. The number of allylic oxidation sites excluding steroid dienone is 1. The second kappa shape index (κ2) is 5.08. The Hall–Kier alpha value is -0.760. The van der Waals surface area contributed by atoms with Gasteiger partial charge in [0, 0.05) is 17.7 Å². The molecule has 0 aliphatic carbocycles. The van der Waals surface area contributed by atoms with Crippen LogP contribution in [0.5, 0.6) is 0 Å². The Morgan fingerprint density at radius 2 is 2.00 bits per heavy atom. The molecule has 1 heterocycles. The maximum atomic E-state index is 12.3. The molecule has 0 aromatic heterocycles. The fourth-order valence-corrected chi connectivity index (χ4v) is 3.32. The van der Waals surface area contributed by atoms with Crippen LogP contribution in [0.3, 0.4) is 0 Å². The Morgan fingerprint density at radius 1 is 1.33 bits per heavy atom. The normalized spacial score (nSPS) is 19.9. The summed E-state index contributed by atoms with van der Waals surface area (Å²) in [6, 6.07) is 7.45. The predicted molar refractivity (Wildman–Crippen MR) is 80.1 cm³/mol. The number of anilines is 1. The number of halogens is 2. The van der Waals surface area contributed by atoms with Crippen LogP contribution >= 0.6 is 30.3 Å². The van der Waals surface area contributed by atoms with Gasteiger partial charge in [0.05, 0.1) is 10.7 Å². The van der Waals surface area contributed by atoms with Gasteiger partial charge in [-0.25, -0.2) is 0 Å². The third-order valence-electron chi connectivity index (χ3n) is 2.55. The highest BCUT2D eigenvalue weighted by atomic mass is 35.5. The van der Waals surface area contributed by atoms with E-state index in [1.807, 2.05) is 24.3 Å². The van der Waals surface area contributed by atoms with Crippen LogP contribution in [0.2, 0.25) is 0 Å². The van der Waals surface area contributed by atoms with E-state index < -0.39 is 12.8 Å². The van der Waals surface area contributed by atoms with Crippen molar-refractivity contribution in [2.45, 2.75) is 5.62 Å². The Labute approximate surface area is 116 Å². The molecule has 1 aromatic rings. The van der Waals surface area contributed by atoms with Gasteiger partial charge >= 0.3 is 0 Å². The minimum Gasteiger partial charge on any atom is -0.319 e. The molecule has 0 saturated carbocycles. The highest BCUT2D eigenvalue weighted by Crippen LogP contribution is 2.39. The van der Waals surface area contributed by atoms with Crippen LogP contribution in [0.15, 0.2) is 40.5 Å². The molecule has 1 atom stereocenters. The molecule has 1 aromatic carbocycles. The van der Waals surface area contributed by atoms with Crippen LogP contribution in [0.1, 0.15) is 0 Å². The topological polar surface area (TPSA) is 32.7 Å². The zero-order valence-corrected chi connectivity index (χ0v) is 12.5. The van der Waals surface area contributed by atoms with Crippen LogP contribution in [-0.2, 0) is 4.57 Å².